The van der Waals surface area contributed by atoms with Crippen LogP contribution in [0.5, 0.6) is 5.75 Å². The van der Waals surface area contributed by atoms with Gasteiger partial charge in [0.25, 0.3) is 0 Å². The van der Waals surface area contributed by atoms with E-state index < -0.39 is 0 Å². The van der Waals surface area contributed by atoms with Crippen LogP contribution >= 0.6 is 43.2 Å². The summed E-state index contributed by atoms with van der Waals surface area (Å²) >= 11 is 8.64. The van der Waals surface area contributed by atoms with Crippen molar-refractivity contribution >= 4 is 43.2 Å². The highest BCUT2D eigenvalue weighted by Crippen LogP contribution is 2.27. The summed E-state index contributed by atoms with van der Waals surface area (Å²) in [7, 11) is 0. The zero-order valence-corrected chi connectivity index (χ0v) is 13.4. The number of benzene rings is 1. The van der Waals surface area contributed by atoms with E-state index in [1.807, 2.05) is 0 Å². The summed E-state index contributed by atoms with van der Waals surface area (Å²) in [4.78, 5) is 1.22. The number of halogens is 2. The van der Waals surface area contributed by atoms with Gasteiger partial charge in [-0.1, -0.05) is 34.1 Å². The first-order valence-electron chi connectivity index (χ1n) is 5.21. The molecule has 0 bridgehead atoms. The van der Waals surface area contributed by atoms with Crippen LogP contribution in [0.15, 0.2) is 34.1 Å². The van der Waals surface area contributed by atoms with Crippen LogP contribution < -0.4 is 4.74 Å². The van der Waals surface area contributed by atoms with E-state index >= 15 is 0 Å². The lowest BCUT2D eigenvalue weighted by atomic mass is 10.1. The summed E-state index contributed by atoms with van der Waals surface area (Å²) in [6.07, 6.45) is 0. The summed E-state index contributed by atoms with van der Waals surface area (Å²) in [5.41, 5.74) is 2.37. The van der Waals surface area contributed by atoms with Gasteiger partial charge >= 0.3 is 0 Å². The van der Waals surface area contributed by atoms with Crippen molar-refractivity contribution in [2.75, 3.05) is 0 Å². The fourth-order valence-electron chi connectivity index (χ4n) is 1.60. The molecule has 2 rings (SSSR count). The summed E-state index contributed by atoms with van der Waals surface area (Å²) in [5.74, 6) is 0.994. The number of hydrogen-bond donors (Lipinski definition) is 0. The van der Waals surface area contributed by atoms with Gasteiger partial charge in [0.1, 0.15) is 12.4 Å². The van der Waals surface area contributed by atoms with Gasteiger partial charge in [0, 0.05) is 25.6 Å². The Labute approximate surface area is 122 Å². The molecule has 0 fully saturated rings. The molecule has 0 aliphatic carbocycles. The predicted octanol–water partition coefficient (Wildman–Crippen LogP) is 5.29. The number of hydrogen-bond acceptors (Lipinski definition) is 2. The lowest BCUT2D eigenvalue weighted by Gasteiger charge is -2.11. The van der Waals surface area contributed by atoms with Gasteiger partial charge in [0.15, 0.2) is 0 Å². The van der Waals surface area contributed by atoms with Gasteiger partial charge in [-0.15, -0.1) is 11.3 Å². The fourth-order valence-corrected chi connectivity index (χ4v) is 3.40. The van der Waals surface area contributed by atoms with Crippen molar-refractivity contribution in [3.05, 3.63) is 50.1 Å². The van der Waals surface area contributed by atoms with Crippen molar-refractivity contribution in [2.45, 2.75) is 18.9 Å². The molecule has 0 spiro atoms. The first-order chi connectivity index (χ1) is 8.20. The first kappa shape index (κ1) is 13.1. The minimum absolute atomic E-state index is 0.626. The highest BCUT2D eigenvalue weighted by atomic mass is 79.9. The molecule has 0 atom stereocenters. The van der Waals surface area contributed by atoms with E-state index in [1.54, 1.807) is 11.3 Å². The highest BCUT2D eigenvalue weighted by molar-refractivity contribution is 9.10. The topological polar surface area (TPSA) is 9.23 Å². The second kappa shape index (κ2) is 6.03. The molecule has 17 heavy (non-hydrogen) atoms. The molecule has 0 amide bonds. The molecule has 0 saturated heterocycles. The Kier molecular flexibility index (Phi) is 4.65. The van der Waals surface area contributed by atoms with Gasteiger partial charge in [-0.05, 0) is 34.5 Å². The van der Waals surface area contributed by atoms with E-state index in [9.17, 15) is 0 Å². The van der Waals surface area contributed by atoms with Gasteiger partial charge in [-0.3, -0.25) is 0 Å². The summed E-state index contributed by atoms with van der Waals surface area (Å²) in [6, 6.07) is 8.31. The Bertz CT molecular complexity index is 508. The third-order valence-electron chi connectivity index (χ3n) is 2.42. The average Bonchev–Trinajstić information content (AvgIpc) is 2.73. The van der Waals surface area contributed by atoms with Crippen LogP contribution in [0.4, 0.5) is 0 Å². The van der Waals surface area contributed by atoms with Gasteiger partial charge in [0.05, 0.1) is 0 Å². The van der Waals surface area contributed by atoms with Crippen molar-refractivity contribution in [1.82, 2.24) is 0 Å². The molecule has 1 heterocycles. The fraction of sp³-hybridized carbons (Fsp3) is 0.231. The second-order valence-corrected chi connectivity index (χ2v) is 6.19. The SMILES string of the molecule is Cc1cccc(CBr)c1OCc1cc(Br)cs1. The molecule has 0 aliphatic rings. The zero-order chi connectivity index (χ0) is 12.3. The third kappa shape index (κ3) is 3.33. The number of ether oxygens (including phenoxy) is 1. The average molecular weight is 376 g/mol. The van der Waals surface area contributed by atoms with Gasteiger partial charge in [0.2, 0.25) is 0 Å². The largest absolute Gasteiger partial charge is 0.487 e. The number of rotatable bonds is 4. The Morgan fingerprint density at radius 1 is 1.35 bits per heavy atom. The van der Waals surface area contributed by atoms with E-state index in [-0.39, 0.29) is 0 Å². The monoisotopic (exact) mass is 374 g/mol. The molecular formula is C13H12Br2OS. The third-order valence-corrected chi connectivity index (χ3v) is 4.69. The number of thiophene rings is 1. The van der Waals surface area contributed by atoms with Crippen LogP contribution in [-0.2, 0) is 11.9 Å². The molecule has 0 N–H and O–H groups in total. The summed E-state index contributed by atoms with van der Waals surface area (Å²) in [6.45, 7) is 2.70. The molecule has 0 aliphatic heterocycles. The number of aryl methyl sites for hydroxylation is 1. The van der Waals surface area contributed by atoms with Crippen LogP contribution in [0.25, 0.3) is 0 Å². The van der Waals surface area contributed by atoms with E-state index in [0.29, 0.717) is 6.61 Å². The minimum Gasteiger partial charge on any atom is -0.487 e. The van der Waals surface area contributed by atoms with E-state index in [0.717, 1.165) is 15.6 Å². The Morgan fingerprint density at radius 3 is 2.82 bits per heavy atom. The Morgan fingerprint density at radius 2 is 2.18 bits per heavy atom. The molecule has 0 saturated carbocycles. The lowest BCUT2D eigenvalue weighted by Crippen LogP contribution is -1.98. The molecule has 90 valence electrons. The number of alkyl halides is 1. The quantitative estimate of drug-likeness (QED) is 0.659. The molecule has 0 radical (unpaired) electrons. The van der Waals surface area contributed by atoms with Gasteiger partial charge < -0.3 is 4.74 Å². The second-order valence-electron chi connectivity index (χ2n) is 3.72. The van der Waals surface area contributed by atoms with Crippen LogP contribution in [0.1, 0.15) is 16.0 Å². The van der Waals surface area contributed by atoms with Crippen molar-refractivity contribution in [3.63, 3.8) is 0 Å². The smallest absolute Gasteiger partial charge is 0.126 e. The van der Waals surface area contributed by atoms with Crippen molar-refractivity contribution in [3.8, 4) is 5.75 Å². The Balaban J connectivity index is 2.13. The van der Waals surface area contributed by atoms with Gasteiger partial charge in [-0.25, -0.2) is 0 Å². The highest BCUT2D eigenvalue weighted by Gasteiger charge is 2.07. The minimum atomic E-state index is 0.626. The molecule has 0 unspecified atom stereocenters. The molecule has 2 aromatic rings. The van der Waals surface area contributed by atoms with Crippen molar-refractivity contribution in [2.24, 2.45) is 0 Å². The van der Waals surface area contributed by atoms with Crippen LogP contribution in [-0.4, -0.2) is 0 Å². The van der Waals surface area contributed by atoms with Crippen LogP contribution in [0.3, 0.4) is 0 Å². The lowest BCUT2D eigenvalue weighted by molar-refractivity contribution is 0.305. The molecular weight excluding hydrogens is 364 g/mol. The first-order valence-corrected chi connectivity index (χ1v) is 8.00. The summed E-state index contributed by atoms with van der Waals surface area (Å²) < 4.78 is 7.03. The van der Waals surface area contributed by atoms with Crippen LogP contribution in [0, 0.1) is 6.92 Å². The predicted molar refractivity (Wildman–Crippen MR) is 80.2 cm³/mol. The van der Waals surface area contributed by atoms with Crippen molar-refractivity contribution in [1.29, 1.82) is 0 Å². The van der Waals surface area contributed by atoms with E-state index in [1.165, 1.54) is 16.0 Å². The maximum absolute atomic E-state index is 5.92. The van der Waals surface area contributed by atoms with Gasteiger partial charge in [-0.2, -0.15) is 0 Å². The summed E-state index contributed by atoms with van der Waals surface area (Å²) in [5, 5.41) is 2.89. The molecule has 1 aromatic heterocycles. The maximum Gasteiger partial charge on any atom is 0.126 e. The standard InChI is InChI=1S/C13H12Br2OS/c1-9-3-2-4-10(6-14)13(9)16-7-12-5-11(15)8-17-12/h2-5,8H,6-7H2,1H3. The Hall–Kier alpha value is -0.320. The van der Waals surface area contributed by atoms with E-state index in [2.05, 4.69) is 68.4 Å². The zero-order valence-electron chi connectivity index (χ0n) is 9.37. The molecule has 1 nitrogen and oxygen atoms in total. The normalized spacial score (nSPS) is 10.5. The van der Waals surface area contributed by atoms with E-state index in [4.69, 9.17) is 4.74 Å². The van der Waals surface area contributed by atoms with Crippen LogP contribution in [0.2, 0.25) is 0 Å². The maximum atomic E-state index is 5.92. The molecule has 1 aromatic carbocycles. The molecule has 4 heteroatoms. The number of para-hydroxylation sites is 1. The van der Waals surface area contributed by atoms with Crippen molar-refractivity contribution < 1.29 is 4.74 Å².